The highest BCUT2D eigenvalue weighted by Gasteiger charge is 2.34. The number of imidazole rings is 1. The van der Waals surface area contributed by atoms with Gasteiger partial charge in [0.05, 0.1) is 30.6 Å². The Kier molecular flexibility index (Phi) is 6.02. The minimum absolute atomic E-state index is 0.0647. The molecular formula is C21H24F3N9. The van der Waals surface area contributed by atoms with Gasteiger partial charge in [0.25, 0.3) is 0 Å². The van der Waals surface area contributed by atoms with Gasteiger partial charge >= 0.3 is 6.18 Å². The van der Waals surface area contributed by atoms with Crippen LogP contribution in [0.15, 0.2) is 42.6 Å². The molecule has 33 heavy (non-hydrogen) atoms. The summed E-state index contributed by atoms with van der Waals surface area (Å²) in [5.41, 5.74) is 7.13. The summed E-state index contributed by atoms with van der Waals surface area (Å²) in [6.07, 6.45) is 2.91. The first kappa shape index (κ1) is 22.6. The molecule has 3 unspecified atom stereocenters. The van der Waals surface area contributed by atoms with Gasteiger partial charge in [0.2, 0.25) is 0 Å². The van der Waals surface area contributed by atoms with E-state index in [1.807, 2.05) is 13.8 Å². The van der Waals surface area contributed by atoms with Crippen LogP contribution in [0.1, 0.15) is 19.5 Å². The molecule has 0 aliphatic carbocycles. The Hall–Kier alpha value is -3.54. The molecule has 1 aliphatic heterocycles. The van der Waals surface area contributed by atoms with Crippen molar-refractivity contribution in [3.05, 3.63) is 48.3 Å². The first-order valence-corrected chi connectivity index (χ1v) is 10.4. The second kappa shape index (κ2) is 8.77. The smallest absolute Gasteiger partial charge is 0.394 e. The van der Waals surface area contributed by atoms with E-state index in [4.69, 9.17) is 16.1 Å². The van der Waals surface area contributed by atoms with Gasteiger partial charge in [-0.25, -0.2) is 15.0 Å². The molecule has 0 saturated carbocycles. The Bertz CT molecular complexity index is 1190. The van der Waals surface area contributed by atoms with Gasteiger partial charge in [-0.15, -0.1) is 0 Å². The third-order valence-electron chi connectivity index (χ3n) is 5.62. The van der Waals surface area contributed by atoms with E-state index in [9.17, 15) is 13.2 Å². The lowest BCUT2D eigenvalue weighted by Gasteiger charge is -2.44. The van der Waals surface area contributed by atoms with Gasteiger partial charge in [-0.2, -0.15) is 13.2 Å². The number of anilines is 1. The lowest BCUT2D eigenvalue weighted by atomic mass is 9.96. The fraction of sp³-hybridized carbons (Fsp3) is 0.381. The molecule has 12 heteroatoms. The van der Waals surface area contributed by atoms with Crippen molar-refractivity contribution in [2.24, 2.45) is 5.73 Å². The van der Waals surface area contributed by atoms with Gasteiger partial charge in [0.15, 0.2) is 11.5 Å². The van der Waals surface area contributed by atoms with E-state index in [0.29, 0.717) is 35.1 Å². The maximum absolute atomic E-state index is 12.8. The van der Waals surface area contributed by atoms with Gasteiger partial charge in [-0.05, 0) is 19.9 Å². The van der Waals surface area contributed by atoms with Gasteiger partial charge < -0.3 is 21.4 Å². The standard InChI is InChI=1S/C21H24F3N9/c1-12-10-32(13(2)19(30-12)14(6-25)7-26)17-3-4-27-20(31-17)16-8-29-18-9-28-15(11-33(16)18)5-21(22,23)24/h3-4,6-9,11-13,19,25,30H,5,10,26H2,1-2H3/b14-7+,25-6?. The highest BCUT2D eigenvalue weighted by atomic mass is 19.4. The minimum atomic E-state index is -4.36. The molecule has 0 bridgehead atoms. The number of aromatic nitrogens is 5. The fourth-order valence-corrected chi connectivity index (χ4v) is 4.08. The van der Waals surface area contributed by atoms with Crippen molar-refractivity contribution in [1.82, 2.24) is 29.7 Å². The van der Waals surface area contributed by atoms with E-state index >= 15 is 0 Å². The molecule has 9 nitrogen and oxygen atoms in total. The second-order valence-corrected chi connectivity index (χ2v) is 8.03. The molecule has 3 aromatic rings. The number of halogens is 3. The monoisotopic (exact) mass is 459 g/mol. The molecule has 0 spiro atoms. The predicted molar refractivity (Wildman–Crippen MR) is 118 cm³/mol. The number of piperazine rings is 1. The van der Waals surface area contributed by atoms with Crippen molar-refractivity contribution in [1.29, 1.82) is 5.41 Å². The van der Waals surface area contributed by atoms with Crippen LogP contribution in [0.25, 0.3) is 17.2 Å². The van der Waals surface area contributed by atoms with Crippen molar-refractivity contribution in [3.8, 4) is 11.5 Å². The number of alkyl halides is 3. The molecule has 0 radical (unpaired) electrons. The van der Waals surface area contributed by atoms with E-state index in [-0.39, 0.29) is 23.8 Å². The highest BCUT2D eigenvalue weighted by Crippen LogP contribution is 2.26. The van der Waals surface area contributed by atoms with Gasteiger partial charge in [0, 0.05) is 49.0 Å². The fourth-order valence-electron chi connectivity index (χ4n) is 4.08. The van der Waals surface area contributed by atoms with E-state index < -0.39 is 12.6 Å². The summed E-state index contributed by atoms with van der Waals surface area (Å²) in [6, 6.07) is 1.66. The Morgan fingerprint density at radius 2 is 2.06 bits per heavy atom. The Morgan fingerprint density at radius 3 is 2.76 bits per heavy atom. The molecule has 3 atom stereocenters. The molecule has 3 aromatic heterocycles. The number of nitrogens with one attached hydrogen (secondary N) is 2. The summed E-state index contributed by atoms with van der Waals surface area (Å²) in [5.74, 6) is 0.993. The number of nitrogens with zero attached hydrogens (tertiary/aromatic N) is 6. The number of hydrogen-bond acceptors (Lipinski definition) is 8. The van der Waals surface area contributed by atoms with Crippen molar-refractivity contribution in [2.75, 3.05) is 11.4 Å². The molecular weight excluding hydrogens is 435 g/mol. The minimum Gasteiger partial charge on any atom is -0.404 e. The van der Waals surface area contributed by atoms with Crippen LogP contribution in [0.2, 0.25) is 0 Å². The van der Waals surface area contributed by atoms with Gasteiger partial charge in [-0.3, -0.25) is 9.38 Å². The summed E-state index contributed by atoms with van der Waals surface area (Å²) in [5, 5.41) is 11.1. The van der Waals surface area contributed by atoms with Crippen LogP contribution in [0.4, 0.5) is 19.0 Å². The molecule has 4 N–H and O–H groups in total. The van der Waals surface area contributed by atoms with Crippen LogP contribution in [-0.2, 0) is 6.42 Å². The summed E-state index contributed by atoms with van der Waals surface area (Å²) < 4.78 is 40.0. The molecule has 1 fully saturated rings. The predicted octanol–water partition coefficient (Wildman–Crippen LogP) is 2.34. The van der Waals surface area contributed by atoms with E-state index in [2.05, 4.69) is 25.2 Å². The normalized spacial score (nSPS) is 22.0. The Balaban J connectivity index is 1.70. The largest absolute Gasteiger partial charge is 0.404 e. The van der Waals surface area contributed by atoms with E-state index in [1.165, 1.54) is 35.4 Å². The van der Waals surface area contributed by atoms with Crippen molar-refractivity contribution in [3.63, 3.8) is 0 Å². The SMILES string of the molecule is CC1CN(c2ccnc(-c3cnc4cnc(CC(F)(F)F)cn34)n2)C(C)C(/C(C=N)=C/N)N1. The molecule has 1 aliphatic rings. The molecule has 4 rings (SSSR count). The zero-order chi connectivity index (χ0) is 23.8. The summed E-state index contributed by atoms with van der Waals surface area (Å²) in [6.45, 7) is 4.71. The second-order valence-electron chi connectivity index (χ2n) is 8.03. The lowest BCUT2D eigenvalue weighted by molar-refractivity contribution is -0.127. The third kappa shape index (κ3) is 4.65. The quantitative estimate of drug-likeness (QED) is 0.501. The molecule has 4 heterocycles. The lowest BCUT2D eigenvalue weighted by Crippen LogP contribution is -2.61. The third-order valence-corrected chi connectivity index (χ3v) is 5.62. The molecule has 174 valence electrons. The van der Waals surface area contributed by atoms with Crippen LogP contribution >= 0.6 is 0 Å². The number of hydrogen-bond donors (Lipinski definition) is 3. The van der Waals surface area contributed by atoms with Crippen LogP contribution in [-0.4, -0.2) is 61.4 Å². The number of rotatable bonds is 5. The zero-order valence-corrected chi connectivity index (χ0v) is 18.1. The number of nitrogens with two attached hydrogens (primary N) is 1. The van der Waals surface area contributed by atoms with Gasteiger partial charge in [-0.1, -0.05) is 0 Å². The maximum atomic E-state index is 12.8. The molecule has 0 amide bonds. The van der Waals surface area contributed by atoms with E-state index in [0.717, 1.165) is 0 Å². The topological polar surface area (TPSA) is 121 Å². The zero-order valence-electron chi connectivity index (χ0n) is 18.1. The molecule has 0 aromatic carbocycles. The average Bonchev–Trinajstić information content (AvgIpc) is 3.19. The van der Waals surface area contributed by atoms with Gasteiger partial charge in [0.1, 0.15) is 11.5 Å². The van der Waals surface area contributed by atoms with Crippen molar-refractivity contribution < 1.29 is 13.2 Å². The van der Waals surface area contributed by atoms with Crippen LogP contribution in [0.3, 0.4) is 0 Å². The van der Waals surface area contributed by atoms with Crippen molar-refractivity contribution >= 4 is 17.7 Å². The highest BCUT2D eigenvalue weighted by molar-refractivity contribution is 5.78. The Labute approximate surface area is 188 Å². The van der Waals surface area contributed by atoms with Crippen LogP contribution in [0.5, 0.6) is 0 Å². The molecule has 1 saturated heterocycles. The van der Waals surface area contributed by atoms with Crippen LogP contribution in [0, 0.1) is 5.41 Å². The summed E-state index contributed by atoms with van der Waals surface area (Å²) in [4.78, 5) is 19.2. The van der Waals surface area contributed by atoms with Crippen LogP contribution < -0.4 is 16.0 Å². The first-order chi connectivity index (χ1) is 15.7. The van der Waals surface area contributed by atoms with Crippen molar-refractivity contribution in [2.45, 2.75) is 44.6 Å². The number of fused-ring (bicyclic) bond motifs is 1. The average molecular weight is 459 g/mol. The maximum Gasteiger partial charge on any atom is 0.394 e. The van der Waals surface area contributed by atoms with E-state index in [1.54, 1.807) is 12.3 Å². The summed E-state index contributed by atoms with van der Waals surface area (Å²) in [7, 11) is 0. The summed E-state index contributed by atoms with van der Waals surface area (Å²) >= 11 is 0. The first-order valence-electron chi connectivity index (χ1n) is 10.4. The Morgan fingerprint density at radius 1 is 1.27 bits per heavy atom.